The van der Waals surface area contributed by atoms with Gasteiger partial charge in [0.2, 0.25) is 0 Å². The SMILES string of the molecule is CCCCCCCC[C@H]1CC[C@H](c2ccc(-c3ccc(C4=CCC(CCCCC)CC4)cc3)cc2)CC1. The minimum absolute atomic E-state index is 0.779. The van der Waals surface area contributed by atoms with E-state index in [1.54, 1.807) is 11.1 Å². The molecule has 1 fully saturated rings. The van der Waals surface area contributed by atoms with Crippen LogP contribution in [0.15, 0.2) is 54.6 Å². The van der Waals surface area contributed by atoms with Crippen LogP contribution in [-0.4, -0.2) is 0 Å². The summed E-state index contributed by atoms with van der Waals surface area (Å²) >= 11 is 0. The Hall–Kier alpha value is -1.82. The molecule has 0 heterocycles. The zero-order chi connectivity index (χ0) is 25.7. The highest BCUT2D eigenvalue weighted by Gasteiger charge is 2.22. The minimum atomic E-state index is 0.779. The fraction of sp³-hybridized carbons (Fsp3) is 0.622. The van der Waals surface area contributed by atoms with Crippen molar-refractivity contribution in [3.63, 3.8) is 0 Å². The van der Waals surface area contributed by atoms with E-state index < -0.39 is 0 Å². The van der Waals surface area contributed by atoms with Crippen molar-refractivity contribution < 1.29 is 0 Å². The summed E-state index contributed by atoms with van der Waals surface area (Å²) in [6.07, 6.45) is 27.8. The largest absolute Gasteiger partial charge is 0.0804 e. The second-order valence-electron chi connectivity index (χ2n) is 12.3. The minimum Gasteiger partial charge on any atom is -0.0804 e. The van der Waals surface area contributed by atoms with Crippen LogP contribution in [0.5, 0.6) is 0 Å². The number of unbranched alkanes of at least 4 members (excludes halogenated alkanes) is 7. The summed E-state index contributed by atoms with van der Waals surface area (Å²) in [7, 11) is 0. The molecule has 2 aliphatic carbocycles. The fourth-order valence-electron chi connectivity index (χ4n) is 6.92. The van der Waals surface area contributed by atoms with Crippen molar-refractivity contribution in [2.45, 2.75) is 135 Å². The second-order valence-corrected chi connectivity index (χ2v) is 12.3. The van der Waals surface area contributed by atoms with Crippen LogP contribution in [-0.2, 0) is 0 Å². The van der Waals surface area contributed by atoms with Gasteiger partial charge in [0, 0.05) is 0 Å². The Kier molecular flexibility index (Phi) is 11.9. The Bertz CT molecular complexity index is 908. The van der Waals surface area contributed by atoms with E-state index in [9.17, 15) is 0 Å². The molecule has 4 rings (SSSR count). The third kappa shape index (κ3) is 8.87. The monoisotopic (exact) mass is 498 g/mol. The third-order valence-electron chi connectivity index (χ3n) is 9.52. The van der Waals surface area contributed by atoms with Crippen LogP contribution in [0.4, 0.5) is 0 Å². The first-order chi connectivity index (χ1) is 18.3. The highest BCUT2D eigenvalue weighted by Crippen LogP contribution is 2.39. The van der Waals surface area contributed by atoms with E-state index in [1.807, 2.05) is 0 Å². The van der Waals surface area contributed by atoms with Gasteiger partial charge in [0.15, 0.2) is 0 Å². The molecule has 0 aliphatic heterocycles. The first-order valence-corrected chi connectivity index (χ1v) is 16.2. The van der Waals surface area contributed by atoms with Crippen LogP contribution in [0.1, 0.15) is 146 Å². The molecule has 0 N–H and O–H groups in total. The molecule has 202 valence electrons. The lowest BCUT2D eigenvalue weighted by molar-refractivity contribution is 0.302. The lowest BCUT2D eigenvalue weighted by Gasteiger charge is -2.29. The predicted octanol–water partition coefficient (Wildman–Crippen LogP) is 12.1. The van der Waals surface area contributed by atoms with Crippen LogP contribution in [0.25, 0.3) is 16.7 Å². The van der Waals surface area contributed by atoms with Crippen molar-refractivity contribution in [2.75, 3.05) is 0 Å². The summed E-state index contributed by atoms with van der Waals surface area (Å²) in [6, 6.07) is 19.0. The fourth-order valence-corrected chi connectivity index (χ4v) is 6.92. The van der Waals surface area contributed by atoms with Crippen LogP contribution >= 0.6 is 0 Å². The average molecular weight is 499 g/mol. The van der Waals surface area contributed by atoms with E-state index in [1.165, 1.54) is 132 Å². The first kappa shape index (κ1) is 28.2. The van der Waals surface area contributed by atoms with Gasteiger partial charge in [-0.25, -0.2) is 0 Å². The molecule has 2 aliphatic rings. The molecule has 0 nitrogen and oxygen atoms in total. The number of allylic oxidation sites excluding steroid dienone is 2. The Balaban J connectivity index is 1.22. The van der Waals surface area contributed by atoms with Crippen LogP contribution < -0.4 is 0 Å². The van der Waals surface area contributed by atoms with Gasteiger partial charge in [0.05, 0.1) is 0 Å². The summed E-state index contributed by atoms with van der Waals surface area (Å²) in [5, 5.41) is 0. The van der Waals surface area contributed by atoms with Crippen molar-refractivity contribution in [3.8, 4) is 11.1 Å². The van der Waals surface area contributed by atoms with E-state index in [2.05, 4.69) is 68.5 Å². The van der Waals surface area contributed by atoms with E-state index in [4.69, 9.17) is 0 Å². The summed E-state index contributed by atoms with van der Waals surface area (Å²) in [5.74, 6) is 2.69. The normalized spacial score (nSPS) is 22.1. The molecule has 1 saturated carbocycles. The molecular weight excluding hydrogens is 444 g/mol. The summed E-state index contributed by atoms with van der Waals surface area (Å²) in [6.45, 7) is 4.61. The number of hydrogen-bond acceptors (Lipinski definition) is 0. The zero-order valence-corrected chi connectivity index (χ0v) is 24.2. The lowest BCUT2D eigenvalue weighted by atomic mass is 9.77. The Morgan fingerprint density at radius 3 is 1.73 bits per heavy atom. The van der Waals surface area contributed by atoms with Crippen LogP contribution in [0, 0.1) is 11.8 Å². The molecule has 0 amide bonds. The maximum atomic E-state index is 2.53. The van der Waals surface area contributed by atoms with Crippen LogP contribution in [0.2, 0.25) is 0 Å². The van der Waals surface area contributed by atoms with E-state index in [0.29, 0.717) is 0 Å². The van der Waals surface area contributed by atoms with Gasteiger partial charge in [-0.2, -0.15) is 0 Å². The number of hydrogen-bond donors (Lipinski definition) is 0. The Morgan fingerprint density at radius 2 is 1.08 bits per heavy atom. The maximum Gasteiger partial charge on any atom is -0.0162 e. The van der Waals surface area contributed by atoms with Gasteiger partial charge in [-0.15, -0.1) is 0 Å². The molecular formula is C37H54. The van der Waals surface area contributed by atoms with Crippen molar-refractivity contribution in [1.82, 2.24) is 0 Å². The molecule has 37 heavy (non-hydrogen) atoms. The molecule has 1 atom stereocenters. The van der Waals surface area contributed by atoms with Crippen molar-refractivity contribution in [2.24, 2.45) is 11.8 Å². The summed E-state index contributed by atoms with van der Waals surface area (Å²) < 4.78 is 0. The average Bonchev–Trinajstić information content (AvgIpc) is 2.96. The molecule has 2 aromatic carbocycles. The topological polar surface area (TPSA) is 0 Å². The van der Waals surface area contributed by atoms with Gasteiger partial charge in [-0.05, 0) is 90.5 Å². The molecule has 2 aromatic rings. The predicted molar refractivity (Wildman–Crippen MR) is 164 cm³/mol. The summed E-state index contributed by atoms with van der Waals surface area (Å²) in [5.41, 5.74) is 7.29. The van der Waals surface area contributed by atoms with Crippen molar-refractivity contribution in [3.05, 3.63) is 65.7 Å². The van der Waals surface area contributed by atoms with Gasteiger partial charge in [-0.3, -0.25) is 0 Å². The zero-order valence-electron chi connectivity index (χ0n) is 24.2. The van der Waals surface area contributed by atoms with Gasteiger partial charge in [0.25, 0.3) is 0 Å². The lowest BCUT2D eigenvalue weighted by Crippen LogP contribution is -2.13. The molecule has 0 spiro atoms. The van der Waals surface area contributed by atoms with E-state index in [0.717, 1.165) is 17.8 Å². The molecule has 0 bridgehead atoms. The van der Waals surface area contributed by atoms with Gasteiger partial charge in [-0.1, -0.05) is 139 Å². The smallest absolute Gasteiger partial charge is 0.0162 e. The first-order valence-electron chi connectivity index (χ1n) is 16.2. The van der Waals surface area contributed by atoms with Gasteiger partial charge < -0.3 is 0 Å². The molecule has 0 saturated heterocycles. The second kappa shape index (κ2) is 15.6. The van der Waals surface area contributed by atoms with Gasteiger partial charge in [0.1, 0.15) is 0 Å². The van der Waals surface area contributed by atoms with Crippen molar-refractivity contribution in [1.29, 1.82) is 0 Å². The maximum absolute atomic E-state index is 2.53. The summed E-state index contributed by atoms with van der Waals surface area (Å²) in [4.78, 5) is 0. The number of benzene rings is 2. The van der Waals surface area contributed by atoms with Crippen molar-refractivity contribution >= 4 is 5.57 Å². The standard InChI is InChI=1S/C37H54/c1-3-5-7-8-9-11-13-31-16-20-33(21-17-31)35-24-28-37(29-25-35)36-26-22-34(23-27-36)32-18-14-30(15-19-32)12-10-6-4-2/h18,22-31,33H,3-17,19-21H2,1-2H3/t30?,31-,33-. The van der Waals surface area contributed by atoms with Gasteiger partial charge >= 0.3 is 0 Å². The quantitative estimate of drug-likeness (QED) is 0.227. The number of rotatable bonds is 14. The molecule has 0 heteroatoms. The van der Waals surface area contributed by atoms with Crippen LogP contribution in [0.3, 0.4) is 0 Å². The molecule has 0 aromatic heterocycles. The highest BCUT2D eigenvalue weighted by molar-refractivity contribution is 5.71. The third-order valence-corrected chi connectivity index (χ3v) is 9.52. The molecule has 0 radical (unpaired) electrons. The Morgan fingerprint density at radius 1 is 0.541 bits per heavy atom. The van der Waals surface area contributed by atoms with E-state index in [-0.39, 0.29) is 0 Å². The highest BCUT2D eigenvalue weighted by atomic mass is 14.3. The molecule has 1 unspecified atom stereocenters. The van der Waals surface area contributed by atoms with E-state index >= 15 is 0 Å². The Labute approximate surface area is 229 Å².